The van der Waals surface area contributed by atoms with Crippen LogP contribution in [0.25, 0.3) is 15.9 Å². The smallest absolute Gasteiger partial charge is 0.160 e. The van der Waals surface area contributed by atoms with Gasteiger partial charge in [0.1, 0.15) is 22.3 Å². The summed E-state index contributed by atoms with van der Waals surface area (Å²) in [7, 11) is 0. The predicted octanol–water partition coefficient (Wildman–Crippen LogP) is 3.57. The molecule has 0 amide bonds. The molecule has 8 nitrogen and oxygen atoms in total. The van der Waals surface area contributed by atoms with Crippen molar-refractivity contribution >= 4 is 33.0 Å². The van der Waals surface area contributed by atoms with Gasteiger partial charge >= 0.3 is 0 Å². The van der Waals surface area contributed by atoms with E-state index < -0.39 is 0 Å². The normalized spacial score (nSPS) is 20.2. The van der Waals surface area contributed by atoms with Crippen molar-refractivity contribution in [2.45, 2.75) is 39.2 Å². The van der Waals surface area contributed by atoms with Gasteiger partial charge in [-0.2, -0.15) is 0 Å². The van der Waals surface area contributed by atoms with Crippen molar-refractivity contribution in [3.63, 3.8) is 0 Å². The maximum Gasteiger partial charge on any atom is 0.160 e. The van der Waals surface area contributed by atoms with Crippen LogP contribution in [0.3, 0.4) is 0 Å². The third-order valence-electron chi connectivity index (χ3n) is 6.95. The molecule has 4 aromatic rings. The van der Waals surface area contributed by atoms with E-state index >= 15 is 0 Å². The molecule has 0 radical (unpaired) electrons. The number of aromatic nitrogens is 5. The standard InChI is InChI=1S/C24H29N7OS/c1-16-17(2)33-24-21(16)23(25-19(26-24)15-29-10-12-32-13-11-29)30-8-5-6-18(14-30)22-28-27-20-7-3-4-9-31(20)22/h3-4,7,9,18H,5-6,8,10-15H2,1-2H3. The molecule has 6 rings (SSSR count). The van der Waals surface area contributed by atoms with E-state index in [2.05, 4.69) is 44.4 Å². The van der Waals surface area contributed by atoms with Crippen molar-refractivity contribution in [2.75, 3.05) is 44.3 Å². The van der Waals surface area contributed by atoms with Crippen LogP contribution in [0.15, 0.2) is 24.4 Å². The highest BCUT2D eigenvalue weighted by Gasteiger charge is 2.29. The molecule has 2 fully saturated rings. The zero-order valence-electron chi connectivity index (χ0n) is 19.2. The van der Waals surface area contributed by atoms with Gasteiger partial charge in [-0.05, 0) is 44.4 Å². The summed E-state index contributed by atoms with van der Waals surface area (Å²) in [6, 6.07) is 6.07. The highest BCUT2D eigenvalue weighted by atomic mass is 32.1. The molecule has 0 bridgehead atoms. The van der Waals surface area contributed by atoms with Crippen LogP contribution in [0.5, 0.6) is 0 Å². The van der Waals surface area contributed by atoms with Crippen LogP contribution in [-0.2, 0) is 11.3 Å². The summed E-state index contributed by atoms with van der Waals surface area (Å²) in [5.74, 6) is 3.37. The fraction of sp³-hybridized carbons (Fsp3) is 0.500. The molecule has 6 heterocycles. The van der Waals surface area contributed by atoms with Crippen molar-refractivity contribution in [3.05, 3.63) is 46.5 Å². The molecule has 172 valence electrons. The third kappa shape index (κ3) is 3.88. The molecular weight excluding hydrogens is 434 g/mol. The molecule has 4 aromatic heterocycles. The van der Waals surface area contributed by atoms with E-state index in [1.54, 1.807) is 11.3 Å². The number of aryl methyl sites for hydroxylation is 2. The number of hydrogen-bond donors (Lipinski definition) is 0. The molecular formula is C24H29N7OS. The molecule has 9 heteroatoms. The van der Waals surface area contributed by atoms with Crippen molar-refractivity contribution in [1.82, 2.24) is 29.5 Å². The Morgan fingerprint density at radius 2 is 1.97 bits per heavy atom. The lowest BCUT2D eigenvalue weighted by Gasteiger charge is -2.33. The van der Waals surface area contributed by atoms with Gasteiger partial charge in [0.2, 0.25) is 0 Å². The fourth-order valence-corrected chi connectivity index (χ4v) is 6.09. The first-order chi connectivity index (χ1) is 16.2. The molecule has 0 saturated carbocycles. The first-order valence-electron chi connectivity index (χ1n) is 11.8. The summed E-state index contributed by atoms with van der Waals surface area (Å²) in [6.07, 6.45) is 4.29. The van der Waals surface area contributed by atoms with E-state index in [4.69, 9.17) is 14.7 Å². The van der Waals surface area contributed by atoms with E-state index in [0.29, 0.717) is 5.92 Å². The summed E-state index contributed by atoms with van der Waals surface area (Å²) in [6.45, 7) is 10.5. The Kier molecular flexibility index (Phi) is 5.48. The average Bonchev–Trinajstić information content (AvgIpc) is 3.40. The number of thiophene rings is 1. The van der Waals surface area contributed by atoms with Crippen molar-refractivity contribution < 1.29 is 4.74 Å². The largest absolute Gasteiger partial charge is 0.379 e. The Bertz CT molecular complexity index is 1290. The van der Waals surface area contributed by atoms with Gasteiger partial charge in [0.05, 0.1) is 25.1 Å². The Balaban J connectivity index is 1.36. The number of rotatable bonds is 4. The lowest BCUT2D eigenvalue weighted by molar-refractivity contribution is 0.0331. The molecule has 33 heavy (non-hydrogen) atoms. The maximum atomic E-state index is 5.52. The minimum atomic E-state index is 0.323. The first-order valence-corrected chi connectivity index (χ1v) is 12.6. The van der Waals surface area contributed by atoms with Gasteiger partial charge < -0.3 is 9.64 Å². The molecule has 0 spiro atoms. The second kappa shape index (κ2) is 8.62. The second-order valence-electron chi connectivity index (χ2n) is 9.09. The highest BCUT2D eigenvalue weighted by Crippen LogP contribution is 2.37. The van der Waals surface area contributed by atoms with Crippen LogP contribution >= 0.6 is 11.3 Å². The summed E-state index contributed by atoms with van der Waals surface area (Å²) in [5.41, 5.74) is 2.21. The van der Waals surface area contributed by atoms with Crippen molar-refractivity contribution in [3.8, 4) is 0 Å². The minimum absolute atomic E-state index is 0.323. The molecule has 2 saturated heterocycles. The van der Waals surface area contributed by atoms with Gasteiger partial charge in [0.25, 0.3) is 0 Å². The number of fused-ring (bicyclic) bond motifs is 2. The molecule has 2 aliphatic heterocycles. The van der Waals surface area contributed by atoms with Gasteiger partial charge in [-0.25, -0.2) is 9.97 Å². The topological polar surface area (TPSA) is 71.7 Å². The number of piperidine rings is 1. The lowest BCUT2D eigenvalue weighted by atomic mass is 9.97. The Morgan fingerprint density at radius 1 is 1.09 bits per heavy atom. The van der Waals surface area contributed by atoms with Crippen LogP contribution < -0.4 is 4.90 Å². The summed E-state index contributed by atoms with van der Waals surface area (Å²) in [4.78, 5) is 17.4. The van der Waals surface area contributed by atoms with Crippen LogP contribution in [0.1, 0.15) is 40.8 Å². The van der Waals surface area contributed by atoms with Crippen molar-refractivity contribution in [2.24, 2.45) is 0 Å². The molecule has 1 unspecified atom stereocenters. The lowest BCUT2D eigenvalue weighted by Crippen LogP contribution is -2.37. The first kappa shape index (κ1) is 20.9. The number of nitrogens with zero attached hydrogens (tertiary/aromatic N) is 7. The van der Waals surface area contributed by atoms with Gasteiger partial charge in [-0.3, -0.25) is 9.30 Å². The second-order valence-corrected chi connectivity index (χ2v) is 10.3. The monoisotopic (exact) mass is 463 g/mol. The van der Waals surface area contributed by atoms with Gasteiger partial charge in [-0.15, -0.1) is 21.5 Å². The van der Waals surface area contributed by atoms with E-state index in [1.165, 1.54) is 15.8 Å². The van der Waals surface area contributed by atoms with Crippen molar-refractivity contribution in [1.29, 1.82) is 0 Å². The van der Waals surface area contributed by atoms with E-state index in [9.17, 15) is 0 Å². The molecule has 0 N–H and O–H groups in total. The third-order valence-corrected chi connectivity index (χ3v) is 8.05. The molecule has 0 aromatic carbocycles. The fourth-order valence-electron chi connectivity index (χ4n) is 5.05. The average molecular weight is 464 g/mol. The van der Waals surface area contributed by atoms with Gasteiger partial charge in [-0.1, -0.05) is 6.07 Å². The van der Waals surface area contributed by atoms with Gasteiger partial charge in [0.15, 0.2) is 5.65 Å². The summed E-state index contributed by atoms with van der Waals surface area (Å²) >= 11 is 1.79. The number of morpholine rings is 1. The summed E-state index contributed by atoms with van der Waals surface area (Å²) < 4.78 is 7.65. The van der Waals surface area contributed by atoms with Gasteiger partial charge in [0, 0.05) is 43.2 Å². The number of ether oxygens (including phenoxy) is 1. The quantitative estimate of drug-likeness (QED) is 0.458. The van der Waals surface area contributed by atoms with Crippen LogP contribution in [0, 0.1) is 13.8 Å². The van der Waals surface area contributed by atoms with Crippen LogP contribution in [0.4, 0.5) is 5.82 Å². The minimum Gasteiger partial charge on any atom is -0.379 e. The zero-order valence-corrected chi connectivity index (χ0v) is 20.0. The number of hydrogen-bond acceptors (Lipinski definition) is 8. The number of pyridine rings is 1. The molecule has 1 atom stereocenters. The van der Waals surface area contributed by atoms with Crippen LogP contribution in [0.2, 0.25) is 0 Å². The maximum absolute atomic E-state index is 5.52. The Morgan fingerprint density at radius 3 is 2.85 bits per heavy atom. The SMILES string of the molecule is Cc1sc2nc(CN3CCOCC3)nc(N3CCCC(c4nnc5ccccn45)C3)c2c1C. The van der Waals surface area contributed by atoms with Crippen LogP contribution in [-0.4, -0.2) is 68.9 Å². The number of anilines is 1. The molecule has 2 aliphatic rings. The highest BCUT2D eigenvalue weighted by molar-refractivity contribution is 7.18. The predicted molar refractivity (Wildman–Crippen MR) is 130 cm³/mol. The Labute approximate surface area is 197 Å². The van der Waals surface area contributed by atoms with E-state index in [1.807, 2.05) is 18.2 Å². The molecule has 0 aliphatic carbocycles. The van der Waals surface area contributed by atoms with E-state index in [-0.39, 0.29) is 0 Å². The Hall–Kier alpha value is -2.62. The summed E-state index contributed by atoms with van der Waals surface area (Å²) in [5, 5.41) is 10.2. The van der Waals surface area contributed by atoms with E-state index in [0.717, 1.165) is 86.7 Å². The zero-order chi connectivity index (χ0) is 22.4.